The topological polar surface area (TPSA) is 118 Å². The standard InChI is InChI=1S/C27H30F3N5O4/c1-26(2,24(31)37)18(15-39-20-9-4-3-8-19(20)28)23(36)34-12-10-21-27(16-34,13-17-7-5-6-11-32-17)25(38)35(33-21)14-22(29)30/h3-9,11,18,22H,10,12-16H2,1-2H3,(H2,31,37)/t18-,27-/m1/s1. The van der Waals surface area contributed by atoms with Crippen molar-refractivity contribution in [2.45, 2.75) is 33.1 Å². The number of alkyl halides is 2. The number of likely N-dealkylation sites (tertiary alicyclic amines) is 1. The van der Waals surface area contributed by atoms with E-state index < -0.39 is 53.3 Å². The van der Waals surface area contributed by atoms with Crippen LogP contribution in [-0.2, 0) is 20.8 Å². The van der Waals surface area contributed by atoms with E-state index in [0.717, 1.165) is 5.01 Å². The summed E-state index contributed by atoms with van der Waals surface area (Å²) in [4.78, 5) is 45.6. The summed E-state index contributed by atoms with van der Waals surface area (Å²) in [7, 11) is 0. The van der Waals surface area contributed by atoms with Crippen molar-refractivity contribution in [2.24, 2.45) is 27.6 Å². The van der Waals surface area contributed by atoms with E-state index in [9.17, 15) is 27.6 Å². The van der Waals surface area contributed by atoms with Crippen molar-refractivity contribution in [2.75, 3.05) is 26.2 Å². The van der Waals surface area contributed by atoms with Gasteiger partial charge in [-0.2, -0.15) is 5.10 Å². The Bertz CT molecular complexity index is 1270. The first-order valence-electron chi connectivity index (χ1n) is 12.5. The zero-order valence-corrected chi connectivity index (χ0v) is 21.6. The van der Waals surface area contributed by atoms with Gasteiger partial charge in [-0.1, -0.05) is 32.0 Å². The Balaban J connectivity index is 1.65. The van der Waals surface area contributed by atoms with E-state index in [1.807, 2.05) is 0 Å². The number of primary amides is 1. The number of amides is 3. The van der Waals surface area contributed by atoms with Gasteiger partial charge >= 0.3 is 0 Å². The molecule has 2 aromatic rings. The van der Waals surface area contributed by atoms with Crippen molar-refractivity contribution < 1.29 is 32.3 Å². The summed E-state index contributed by atoms with van der Waals surface area (Å²) >= 11 is 0. The largest absolute Gasteiger partial charge is 0.490 e. The highest BCUT2D eigenvalue weighted by Gasteiger charge is 2.56. The quantitative estimate of drug-likeness (QED) is 0.493. The fourth-order valence-electron chi connectivity index (χ4n) is 4.95. The van der Waals surface area contributed by atoms with Crippen LogP contribution in [0.15, 0.2) is 53.8 Å². The van der Waals surface area contributed by atoms with Gasteiger partial charge in [-0.05, 0) is 24.3 Å². The maximum Gasteiger partial charge on any atom is 0.258 e. The van der Waals surface area contributed by atoms with Gasteiger partial charge in [0.2, 0.25) is 11.8 Å². The number of fused-ring (bicyclic) bond motifs is 1. The van der Waals surface area contributed by atoms with Crippen LogP contribution in [0.3, 0.4) is 0 Å². The molecule has 4 rings (SSSR count). The fourth-order valence-corrected chi connectivity index (χ4v) is 4.95. The van der Waals surface area contributed by atoms with Crippen molar-refractivity contribution in [3.8, 4) is 5.75 Å². The number of carbonyl (C=O) groups excluding carboxylic acids is 3. The van der Waals surface area contributed by atoms with E-state index in [1.54, 1.807) is 30.5 Å². The van der Waals surface area contributed by atoms with Crippen LogP contribution >= 0.6 is 0 Å². The summed E-state index contributed by atoms with van der Waals surface area (Å²) in [5.74, 6) is -3.80. The van der Waals surface area contributed by atoms with Crippen molar-refractivity contribution in [1.82, 2.24) is 14.9 Å². The van der Waals surface area contributed by atoms with Crippen LogP contribution in [0.4, 0.5) is 13.2 Å². The molecule has 12 heteroatoms. The van der Waals surface area contributed by atoms with Crippen LogP contribution in [0, 0.1) is 22.6 Å². The van der Waals surface area contributed by atoms with E-state index in [4.69, 9.17) is 10.5 Å². The van der Waals surface area contributed by atoms with Gasteiger partial charge in [0.25, 0.3) is 12.3 Å². The highest BCUT2D eigenvalue weighted by atomic mass is 19.3. The summed E-state index contributed by atoms with van der Waals surface area (Å²) in [5.41, 5.74) is 3.78. The molecule has 39 heavy (non-hydrogen) atoms. The molecule has 1 saturated heterocycles. The van der Waals surface area contributed by atoms with Crippen LogP contribution < -0.4 is 10.5 Å². The second-order valence-corrected chi connectivity index (χ2v) is 10.3. The van der Waals surface area contributed by atoms with Crippen molar-refractivity contribution in [3.63, 3.8) is 0 Å². The van der Waals surface area contributed by atoms with E-state index in [1.165, 1.54) is 36.9 Å². The molecule has 2 aliphatic heterocycles. The molecular formula is C27H30F3N5O4. The summed E-state index contributed by atoms with van der Waals surface area (Å²) in [6.45, 7) is 1.73. The SMILES string of the molecule is CC(C)(C(N)=O)[C@H](COc1ccccc1F)C(=O)N1CCC2=NN(CC(F)F)C(=O)[C@]2(Cc2ccccn2)C1. The third kappa shape index (κ3) is 5.59. The number of carbonyl (C=O) groups is 3. The summed E-state index contributed by atoms with van der Waals surface area (Å²) in [6.07, 6.45) is -1.04. The first-order chi connectivity index (χ1) is 18.5. The Hall–Kier alpha value is -3.96. The minimum atomic E-state index is -2.79. The average molecular weight is 546 g/mol. The number of piperidine rings is 1. The van der Waals surface area contributed by atoms with Crippen LogP contribution in [-0.4, -0.2) is 71.0 Å². The van der Waals surface area contributed by atoms with Gasteiger partial charge in [0.05, 0.1) is 17.0 Å². The molecule has 2 aliphatic rings. The molecule has 0 bridgehead atoms. The molecule has 1 fully saturated rings. The van der Waals surface area contributed by atoms with Crippen LogP contribution in [0.25, 0.3) is 0 Å². The molecular weight excluding hydrogens is 515 g/mol. The molecule has 1 aromatic heterocycles. The third-order valence-corrected chi connectivity index (χ3v) is 7.40. The number of nitrogens with zero attached hydrogens (tertiary/aromatic N) is 4. The molecule has 2 N–H and O–H groups in total. The summed E-state index contributed by atoms with van der Waals surface area (Å²) in [5, 5.41) is 4.98. The highest BCUT2D eigenvalue weighted by Crippen LogP contribution is 2.40. The van der Waals surface area contributed by atoms with E-state index in [-0.39, 0.29) is 38.3 Å². The number of nitrogens with two attached hydrogens (primary N) is 1. The number of aromatic nitrogens is 1. The normalized spacial score (nSPS) is 20.1. The predicted octanol–water partition coefficient (Wildman–Crippen LogP) is 2.65. The lowest BCUT2D eigenvalue weighted by Crippen LogP contribution is -2.59. The predicted molar refractivity (Wildman–Crippen MR) is 135 cm³/mol. The van der Waals surface area contributed by atoms with Gasteiger partial charge in [-0.3, -0.25) is 19.4 Å². The molecule has 0 radical (unpaired) electrons. The molecule has 0 unspecified atom stereocenters. The highest BCUT2D eigenvalue weighted by molar-refractivity contribution is 6.13. The Labute approximate surface area is 223 Å². The van der Waals surface area contributed by atoms with Crippen molar-refractivity contribution in [1.29, 1.82) is 0 Å². The summed E-state index contributed by atoms with van der Waals surface area (Å²) < 4.78 is 46.3. The smallest absolute Gasteiger partial charge is 0.258 e. The first kappa shape index (κ1) is 28.1. The Kier molecular flexibility index (Phi) is 7.94. The van der Waals surface area contributed by atoms with Gasteiger partial charge in [0.15, 0.2) is 11.6 Å². The molecule has 3 amide bonds. The number of para-hydroxylation sites is 1. The number of pyridine rings is 1. The van der Waals surface area contributed by atoms with Crippen LogP contribution in [0.5, 0.6) is 5.75 Å². The lowest BCUT2D eigenvalue weighted by atomic mass is 9.72. The lowest BCUT2D eigenvalue weighted by molar-refractivity contribution is -0.150. The minimum Gasteiger partial charge on any atom is -0.490 e. The van der Waals surface area contributed by atoms with Crippen molar-refractivity contribution in [3.05, 3.63) is 60.2 Å². The maximum absolute atomic E-state index is 14.2. The summed E-state index contributed by atoms with van der Waals surface area (Å²) in [6, 6.07) is 10.8. The zero-order valence-electron chi connectivity index (χ0n) is 21.6. The van der Waals surface area contributed by atoms with Crippen LogP contribution in [0.2, 0.25) is 0 Å². The number of hydrogen-bond acceptors (Lipinski definition) is 6. The van der Waals surface area contributed by atoms with Gasteiger partial charge in [0, 0.05) is 37.8 Å². The monoisotopic (exact) mass is 545 g/mol. The Morgan fingerprint density at radius 2 is 1.90 bits per heavy atom. The molecule has 9 nitrogen and oxygen atoms in total. The van der Waals surface area contributed by atoms with Crippen molar-refractivity contribution >= 4 is 23.4 Å². The minimum absolute atomic E-state index is 0.0463. The number of hydrogen-bond donors (Lipinski definition) is 1. The number of ether oxygens (including phenoxy) is 1. The lowest BCUT2D eigenvalue weighted by Gasteiger charge is -2.42. The van der Waals surface area contributed by atoms with Gasteiger partial charge in [-0.15, -0.1) is 0 Å². The first-order valence-corrected chi connectivity index (χ1v) is 12.5. The van der Waals surface area contributed by atoms with Gasteiger partial charge in [0.1, 0.15) is 18.6 Å². The fraction of sp³-hybridized carbons (Fsp3) is 0.444. The zero-order chi connectivity index (χ0) is 28.4. The van der Waals surface area contributed by atoms with Gasteiger partial charge in [-0.25, -0.2) is 18.2 Å². The Morgan fingerprint density at radius 1 is 1.18 bits per heavy atom. The Morgan fingerprint density at radius 3 is 2.54 bits per heavy atom. The number of halogens is 3. The molecule has 1 aromatic carbocycles. The molecule has 2 atom stereocenters. The van der Waals surface area contributed by atoms with Crippen LogP contribution in [0.1, 0.15) is 26.0 Å². The number of rotatable bonds is 10. The van der Waals surface area contributed by atoms with E-state index in [2.05, 4.69) is 10.1 Å². The van der Waals surface area contributed by atoms with E-state index >= 15 is 0 Å². The molecule has 3 heterocycles. The second-order valence-electron chi connectivity index (χ2n) is 10.3. The molecule has 0 saturated carbocycles. The van der Waals surface area contributed by atoms with E-state index in [0.29, 0.717) is 11.4 Å². The second kappa shape index (κ2) is 11.0. The average Bonchev–Trinajstić information content (AvgIpc) is 3.15. The maximum atomic E-state index is 14.2. The third-order valence-electron chi connectivity index (χ3n) is 7.40. The van der Waals surface area contributed by atoms with Gasteiger partial charge < -0.3 is 15.4 Å². The number of hydrazone groups is 1. The molecule has 0 spiro atoms. The molecule has 208 valence electrons. The molecule has 0 aliphatic carbocycles. The number of benzene rings is 1.